The van der Waals surface area contributed by atoms with Gasteiger partial charge in [0.1, 0.15) is 18.3 Å². The first-order valence-electron chi connectivity index (χ1n) is 14.1. The Morgan fingerprint density at radius 3 is 2.17 bits per heavy atom. The van der Waals surface area contributed by atoms with Crippen LogP contribution in [0, 0.1) is 6.92 Å². The van der Waals surface area contributed by atoms with Gasteiger partial charge in [-0.1, -0.05) is 67.8 Å². The van der Waals surface area contributed by atoms with Crippen LogP contribution in [0.25, 0.3) is 0 Å². The molecule has 0 spiro atoms. The number of amides is 2. The Balaban J connectivity index is 1.70. The molecule has 1 atom stereocenters. The molecule has 3 aromatic rings. The molecule has 1 aliphatic carbocycles. The van der Waals surface area contributed by atoms with Gasteiger partial charge in [0.2, 0.25) is 11.8 Å². The third-order valence-corrected chi connectivity index (χ3v) is 9.32. The van der Waals surface area contributed by atoms with Crippen molar-refractivity contribution in [2.75, 3.05) is 18.0 Å². The maximum absolute atomic E-state index is 14.2. The highest BCUT2D eigenvalue weighted by Gasteiger charge is 2.34. The van der Waals surface area contributed by atoms with Crippen molar-refractivity contribution < 1.29 is 22.7 Å². The summed E-state index contributed by atoms with van der Waals surface area (Å²) in [5.41, 5.74) is 2.26. The van der Waals surface area contributed by atoms with E-state index < -0.39 is 28.5 Å². The highest BCUT2D eigenvalue weighted by molar-refractivity contribution is 7.92. The molecule has 0 unspecified atom stereocenters. The highest BCUT2D eigenvalue weighted by atomic mass is 32.2. The van der Waals surface area contributed by atoms with Crippen LogP contribution in [-0.2, 0) is 26.2 Å². The van der Waals surface area contributed by atoms with Crippen molar-refractivity contribution in [2.24, 2.45) is 0 Å². The number of benzene rings is 3. The van der Waals surface area contributed by atoms with E-state index in [1.165, 1.54) is 24.1 Å². The second-order valence-electron chi connectivity index (χ2n) is 10.4. The number of hydrogen-bond donors (Lipinski definition) is 1. The maximum atomic E-state index is 14.2. The first-order valence-corrected chi connectivity index (χ1v) is 15.5. The van der Waals surface area contributed by atoms with E-state index in [9.17, 15) is 18.0 Å². The van der Waals surface area contributed by atoms with E-state index in [1.54, 1.807) is 42.5 Å². The van der Waals surface area contributed by atoms with Crippen LogP contribution in [-0.4, -0.2) is 50.9 Å². The second kappa shape index (κ2) is 13.7. The number of carbonyl (C=O) groups excluding carboxylic acids is 2. The van der Waals surface area contributed by atoms with Crippen LogP contribution in [0.1, 0.15) is 50.2 Å². The minimum atomic E-state index is -4.11. The number of rotatable bonds is 12. The summed E-state index contributed by atoms with van der Waals surface area (Å²) >= 11 is 0. The first-order chi connectivity index (χ1) is 19.7. The summed E-state index contributed by atoms with van der Waals surface area (Å²) in [4.78, 5) is 29.3. The minimum Gasteiger partial charge on any atom is -0.497 e. The van der Waals surface area contributed by atoms with Crippen LogP contribution in [0.4, 0.5) is 5.69 Å². The summed E-state index contributed by atoms with van der Waals surface area (Å²) in [6.45, 7) is 3.56. The molecule has 3 aromatic carbocycles. The van der Waals surface area contributed by atoms with E-state index in [1.807, 2.05) is 38.1 Å². The molecule has 41 heavy (non-hydrogen) atoms. The standard InChI is InChI=1S/C32H39N3O5S/c1-4-30(32(37)33-26-10-8-9-11-26)34(22-25-16-14-24(2)15-17-25)31(36)23-35(27-18-20-28(40-3)21-19-27)41(38,39)29-12-6-5-7-13-29/h5-7,12-21,26,30H,4,8-11,22-23H2,1-3H3,(H,33,37)/t30-/m1/s1. The van der Waals surface area contributed by atoms with E-state index in [0.717, 1.165) is 41.1 Å². The lowest BCUT2D eigenvalue weighted by Gasteiger charge is -2.33. The molecule has 2 amide bonds. The van der Waals surface area contributed by atoms with Gasteiger partial charge in [0.15, 0.2) is 0 Å². The van der Waals surface area contributed by atoms with Gasteiger partial charge in [0, 0.05) is 12.6 Å². The highest BCUT2D eigenvalue weighted by Crippen LogP contribution is 2.27. The number of anilines is 1. The third kappa shape index (κ3) is 7.47. The maximum Gasteiger partial charge on any atom is 0.264 e. The molecule has 0 aliphatic heterocycles. The van der Waals surface area contributed by atoms with Gasteiger partial charge in [-0.2, -0.15) is 0 Å². The number of nitrogens with one attached hydrogen (secondary N) is 1. The predicted octanol–water partition coefficient (Wildman–Crippen LogP) is 5.07. The Kier molecular flexibility index (Phi) is 10.0. The monoisotopic (exact) mass is 577 g/mol. The van der Waals surface area contributed by atoms with Crippen LogP contribution in [0.2, 0.25) is 0 Å². The molecule has 0 saturated heterocycles. The molecular weight excluding hydrogens is 538 g/mol. The minimum absolute atomic E-state index is 0.0692. The lowest BCUT2D eigenvalue weighted by Crippen LogP contribution is -2.53. The molecular formula is C32H39N3O5S. The quantitative estimate of drug-likeness (QED) is 0.325. The lowest BCUT2D eigenvalue weighted by molar-refractivity contribution is -0.140. The summed E-state index contributed by atoms with van der Waals surface area (Å²) in [6.07, 6.45) is 4.39. The number of aryl methyl sites for hydroxylation is 1. The van der Waals surface area contributed by atoms with Gasteiger partial charge >= 0.3 is 0 Å². The first kappa shape index (κ1) is 30.1. The number of carbonyl (C=O) groups is 2. The molecule has 0 heterocycles. The van der Waals surface area contributed by atoms with E-state index in [2.05, 4.69) is 5.32 Å². The summed E-state index contributed by atoms with van der Waals surface area (Å²) in [5, 5.41) is 3.14. The van der Waals surface area contributed by atoms with Crippen molar-refractivity contribution in [3.8, 4) is 5.75 Å². The SMILES string of the molecule is CC[C@H](C(=O)NC1CCCC1)N(Cc1ccc(C)cc1)C(=O)CN(c1ccc(OC)cc1)S(=O)(=O)c1ccccc1. The average molecular weight is 578 g/mol. The van der Waals surface area contributed by atoms with Crippen LogP contribution in [0.3, 0.4) is 0 Å². The smallest absolute Gasteiger partial charge is 0.264 e. The molecule has 1 fully saturated rings. The van der Waals surface area contributed by atoms with Crippen molar-refractivity contribution in [1.82, 2.24) is 10.2 Å². The molecule has 218 valence electrons. The Bertz CT molecular complexity index is 1400. The van der Waals surface area contributed by atoms with Gasteiger partial charge in [-0.15, -0.1) is 0 Å². The fourth-order valence-electron chi connectivity index (χ4n) is 5.17. The summed E-state index contributed by atoms with van der Waals surface area (Å²) in [7, 11) is -2.58. The molecule has 1 aliphatic rings. The predicted molar refractivity (Wildman–Crippen MR) is 160 cm³/mol. The van der Waals surface area contributed by atoms with Crippen LogP contribution >= 0.6 is 0 Å². The normalized spacial score (nSPS) is 14.3. The fourth-order valence-corrected chi connectivity index (χ4v) is 6.61. The Labute approximate surface area is 243 Å². The number of sulfonamides is 1. The molecule has 9 heteroatoms. The number of hydrogen-bond acceptors (Lipinski definition) is 5. The molecule has 1 N–H and O–H groups in total. The van der Waals surface area contributed by atoms with Crippen molar-refractivity contribution in [1.29, 1.82) is 0 Å². The van der Waals surface area contributed by atoms with E-state index >= 15 is 0 Å². The van der Waals surface area contributed by atoms with Crippen molar-refractivity contribution in [3.63, 3.8) is 0 Å². The van der Waals surface area contributed by atoms with Crippen molar-refractivity contribution in [2.45, 2.75) is 69.5 Å². The van der Waals surface area contributed by atoms with E-state index in [0.29, 0.717) is 17.9 Å². The molecule has 8 nitrogen and oxygen atoms in total. The van der Waals surface area contributed by atoms with Gasteiger partial charge in [-0.05, 0) is 68.1 Å². The van der Waals surface area contributed by atoms with Gasteiger partial charge in [0.05, 0.1) is 17.7 Å². The second-order valence-corrected chi connectivity index (χ2v) is 12.3. The van der Waals surface area contributed by atoms with E-state index in [4.69, 9.17) is 4.74 Å². The molecule has 0 bridgehead atoms. The Morgan fingerprint density at radius 1 is 0.951 bits per heavy atom. The zero-order valence-corrected chi connectivity index (χ0v) is 24.8. The summed E-state index contributed by atoms with van der Waals surface area (Å²) < 4.78 is 34.1. The van der Waals surface area contributed by atoms with Crippen LogP contribution in [0.15, 0.2) is 83.8 Å². The lowest BCUT2D eigenvalue weighted by atomic mass is 10.1. The summed E-state index contributed by atoms with van der Waals surface area (Å²) in [5.74, 6) is -0.108. The summed E-state index contributed by atoms with van der Waals surface area (Å²) in [6, 6.07) is 21.7. The van der Waals surface area contributed by atoms with E-state index in [-0.39, 0.29) is 23.4 Å². The van der Waals surface area contributed by atoms with Gasteiger partial charge < -0.3 is 15.0 Å². The Morgan fingerprint density at radius 2 is 1.59 bits per heavy atom. The Hall–Kier alpha value is -3.85. The third-order valence-electron chi connectivity index (χ3n) is 7.53. The average Bonchev–Trinajstić information content (AvgIpc) is 3.50. The number of nitrogens with zero attached hydrogens (tertiary/aromatic N) is 2. The van der Waals surface area contributed by atoms with Crippen LogP contribution < -0.4 is 14.4 Å². The number of ether oxygens (including phenoxy) is 1. The fraction of sp³-hybridized carbons (Fsp3) is 0.375. The molecule has 0 radical (unpaired) electrons. The van der Waals surface area contributed by atoms with Crippen LogP contribution in [0.5, 0.6) is 5.75 Å². The van der Waals surface area contributed by atoms with Gasteiger partial charge in [-0.25, -0.2) is 8.42 Å². The molecule has 0 aromatic heterocycles. The largest absolute Gasteiger partial charge is 0.497 e. The zero-order valence-electron chi connectivity index (χ0n) is 24.0. The van der Waals surface area contributed by atoms with Gasteiger partial charge in [0.25, 0.3) is 10.0 Å². The van der Waals surface area contributed by atoms with Crippen molar-refractivity contribution >= 4 is 27.5 Å². The zero-order chi connectivity index (χ0) is 29.4. The molecule has 4 rings (SSSR count). The molecule has 1 saturated carbocycles. The van der Waals surface area contributed by atoms with Gasteiger partial charge in [-0.3, -0.25) is 13.9 Å². The topological polar surface area (TPSA) is 96.0 Å². The van der Waals surface area contributed by atoms with Crippen molar-refractivity contribution in [3.05, 3.63) is 90.0 Å². The number of methoxy groups -OCH3 is 1.